The lowest BCUT2D eigenvalue weighted by atomic mass is 10.2. The Morgan fingerprint density at radius 1 is 0.963 bits per heavy atom. The monoisotopic (exact) mass is 383 g/mol. The zero-order valence-electron chi connectivity index (χ0n) is 15.1. The number of carbonyl (C=O) groups excluding carboxylic acids is 1. The van der Waals surface area contributed by atoms with Gasteiger partial charge in [-0.3, -0.25) is 4.79 Å². The van der Waals surface area contributed by atoms with Crippen LogP contribution in [-0.2, 0) is 10.0 Å². The largest absolute Gasteiger partial charge is 0.351 e. The number of hydrogen-bond acceptors (Lipinski definition) is 3. The van der Waals surface area contributed by atoms with Crippen molar-refractivity contribution in [3.63, 3.8) is 0 Å². The maximum absolute atomic E-state index is 12.8. The number of aromatic nitrogens is 1. The van der Waals surface area contributed by atoms with Gasteiger partial charge in [-0.1, -0.05) is 30.3 Å². The number of amides is 1. The van der Waals surface area contributed by atoms with Crippen molar-refractivity contribution in [2.45, 2.75) is 11.8 Å². The molecule has 1 fully saturated rings. The molecular formula is C20H21N3O3S. The molecule has 1 N–H and O–H groups in total. The van der Waals surface area contributed by atoms with Gasteiger partial charge in [-0.2, -0.15) is 4.31 Å². The Morgan fingerprint density at radius 3 is 2.41 bits per heavy atom. The van der Waals surface area contributed by atoms with Crippen molar-refractivity contribution < 1.29 is 13.2 Å². The molecule has 2 aromatic carbocycles. The molecule has 0 unspecified atom stereocenters. The number of nitrogens with one attached hydrogen (secondary N) is 1. The first-order chi connectivity index (χ1) is 12.9. The van der Waals surface area contributed by atoms with Crippen molar-refractivity contribution in [1.82, 2.24) is 14.2 Å². The number of piperazine rings is 1. The minimum absolute atomic E-state index is 0.0983. The van der Waals surface area contributed by atoms with Crippen LogP contribution in [0.5, 0.6) is 0 Å². The van der Waals surface area contributed by atoms with E-state index in [2.05, 4.69) is 4.98 Å². The van der Waals surface area contributed by atoms with Gasteiger partial charge >= 0.3 is 0 Å². The molecule has 27 heavy (non-hydrogen) atoms. The van der Waals surface area contributed by atoms with Crippen LogP contribution in [0, 0.1) is 6.92 Å². The summed E-state index contributed by atoms with van der Waals surface area (Å²) >= 11 is 0. The highest BCUT2D eigenvalue weighted by atomic mass is 32.2. The first kappa shape index (κ1) is 17.8. The fourth-order valence-electron chi connectivity index (χ4n) is 3.42. The van der Waals surface area contributed by atoms with E-state index in [1.807, 2.05) is 43.3 Å². The topological polar surface area (TPSA) is 73.5 Å². The van der Waals surface area contributed by atoms with Crippen molar-refractivity contribution in [2.24, 2.45) is 0 Å². The molecule has 0 aliphatic carbocycles. The normalized spacial score (nSPS) is 16.0. The van der Waals surface area contributed by atoms with Crippen LogP contribution < -0.4 is 0 Å². The Kier molecular flexibility index (Phi) is 4.49. The SMILES string of the molecule is Cc1cccc(S(=O)(=O)N2CCN(C(=O)c3cc4ccccc4[nH]3)CC2)c1. The summed E-state index contributed by atoms with van der Waals surface area (Å²) in [6.45, 7) is 3.21. The van der Waals surface area contributed by atoms with Gasteiger partial charge in [0.1, 0.15) is 5.69 Å². The Morgan fingerprint density at radius 2 is 1.70 bits per heavy atom. The van der Waals surface area contributed by atoms with Crippen molar-refractivity contribution in [3.8, 4) is 0 Å². The number of hydrogen-bond donors (Lipinski definition) is 1. The lowest BCUT2D eigenvalue weighted by Crippen LogP contribution is -2.50. The Hall–Kier alpha value is -2.64. The first-order valence-corrected chi connectivity index (χ1v) is 10.3. The molecule has 0 saturated carbocycles. The molecule has 1 amide bonds. The maximum atomic E-state index is 12.8. The molecular weight excluding hydrogens is 362 g/mol. The second-order valence-corrected chi connectivity index (χ2v) is 8.72. The van der Waals surface area contributed by atoms with Gasteiger partial charge in [0, 0.05) is 37.1 Å². The average molecular weight is 383 g/mol. The fraction of sp³-hybridized carbons (Fsp3) is 0.250. The second-order valence-electron chi connectivity index (χ2n) is 6.78. The number of para-hydroxylation sites is 1. The molecule has 7 heteroatoms. The number of aryl methyl sites for hydroxylation is 1. The summed E-state index contributed by atoms with van der Waals surface area (Å²) in [6.07, 6.45) is 0. The number of nitrogens with zero attached hydrogens (tertiary/aromatic N) is 2. The van der Waals surface area contributed by atoms with E-state index in [1.54, 1.807) is 23.1 Å². The van der Waals surface area contributed by atoms with E-state index < -0.39 is 10.0 Å². The lowest BCUT2D eigenvalue weighted by molar-refractivity contribution is 0.0693. The van der Waals surface area contributed by atoms with Crippen LogP contribution in [0.2, 0.25) is 0 Å². The summed E-state index contributed by atoms with van der Waals surface area (Å²) in [5.74, 6) is -0.0983. The molecule has 1 aliphatic heterocycles. The van der Waals surface area contributed by atoms with Gasteiger partial charge in [-0.25, -0.2) is 8.42 Å². The summed E-state index contributed by atoms with van der Waals surface area (Å²) in [5, 5.41) is 0.988. The Balaban J connectivity index is 1.47. The van der Waals surface area contributed by atoms with Crippen LogP contribution >= 0.6 is 0 Å². The highest BCUT2D eigenvalue weighted by Crippen LogP contribution is 2.20. The highest BCUT2D eigenvalue weighted by molar-refractivity contribution is 7.89. The van der Waals surface area contributed by atoms with Crippen molar-refractivity contribution in [1.29, 1.82) is 0 Å². The fourth-order valence-corrected chi connectivity index (χ4v) is 4.94. The predicted octanol–water partition coefficient (Wildman–Crippen LogP) is 2.62. The first-order valence-electron chi connectivity index (χ1n) is 8.89. The summed E-state index contributed by atoms with van der Waals surface area (Å²) in [7, 11) is -3.53. The van der Waals surface area contributed by atoms with Crippen molar-refractivity contribution >= 4 is 26.8 Å². The third-order valence-corrected chi connectivity index (χ3v) is 6.81. The second kappa shape index (κ2) is 6.83. The molecule has 0 radical (unpaired) electrons. The number of sulfonamides is 1. The van der Waals surface area contributed by atoms with Gasteiger partial charge in [-0.05, 0) is 36.8 Å². The van der Waals surface area contributed by atoms with E-state index in [1.165, 1.54) is 4.31 Å². The number of rotatable bonds is 3. The smallest absolute Gasteiger partial charge is 0.270 e. The van der Waals surface area contributed by atoms with Crippen molar-refractivity contribution in [3.05, 3.63) is 65.9 Å². The minimum atomic E-state index is -3.53. The van der Waals surface area contributed by atoms with Crippen molar-refractivity contribution in [2.75, 3.05) is 26.2 Å². The van der Waals surface area contributed by atoms with E-state index in [0.717, 1.165) is 16.5 Å². The number of fused-ring (bicyclic) bond motifs is 1. The molecule has 3 aromatic rings. The highest BCUT2D eigenvalue weighted by Gasteiger charge is 2.30. The predicted molar refractivity (Wildman–Crippen MR) is 104 cm³/mol. The number of benzene rings is 2. The molecule has 140 valence electrons. The van der Waals surface area contributed by atoms with Gasteiger partial charge in [-0.15, -0.1) is 0 Å². The molecule has 2 heterocycles. The zero-order chi connectivity index (χ0) is 19.0. The maximum Gasteiger partial charge on any atom is 0.270 e. The van der Waals surface area contributed by atoms with Gasteiger partial charge in [0.2, 0.25) is 10.0 Å². The van der Waals surface area contributed by atoms with Crippen LogP contribution in [0.3, 0.4) is 0 Å². The third-order valence-electron chi connectivity index (χ3n) is 4.91. The molecule has 1 aliphatic rings. The molecule has 1 aromatic heterocycles. The van der Waals surface area contributed by atoms with Gasteiger partial charge < -0.3 is 9.88 Å². The third kappa shape index (κ3) is 3.36. The molecule has 0 atom stereocenters. The van der Waals surface area contributed by atoms with Crippen LogP contribution in [0.4, 0.5) is 0 Å². The standard InChI is InChI=1S/C20H21N3O3S/c1-15-5-4-7-17(13-15)27(25,26)23-11-9-22(10-12-23)20(24)19-14-16-6-2-3-8-18(16)21-19/h2-8,13-14,21H,9-12H2,1H3. The molecule has 0 bridgehead atoms. The zero-order valence-corrected chi connectivity index (χ0v) is 15.9. The Bertz CT molecular complexity index is 1060. The number of carbonyl (C=O) groups is 1. The summed E-state index contributed by atoms with van der Waals surface area (Å²) < 4.78 is 27.1. The molecule has 0 spiro atoms. The number of aromatic amines is 1. The summed E-state index contributed by atoms with van der Waals surface area (Å²) in [4.78, 5) is 17.9. The van der Waals surface area contributed by atoms with Crippen LogP contribution in [0.25, 0.3) is 10.9 Å². The molecule has 6 nitrogen and oxygen atoms in total. The van der Waals surface area contributed by atoms with Gasteiger partial charge in [0.25, 0.3) is 5.91 Å². The van der Waals surface area contributed by atoms with Crippen LogP contribution in [0.1, 0.15) is 16.1 Å². The van der Waals surface area contributed by atoms with Crippen LogP contribution in [-0.4, -0.2) is 54.7 Å². The van der Waals surface area contributed by atoms with Gasteiger partial charge in [0.15, 0.2) is 0 Å². The van der Waals surface area contributed by atoms with E-state index in [9.17, 15) is 13.2 Å². The summed E-state index contributed by atoms with van der Waals surface area (Å²) in [5.41, 5.74) is 2.36. The summed E-state index contributed by atoms with van der Waals surface area (Å²) in [6, 6.07) is 16.5. The molecule has 1 saturated heterocycles. The number of H-pyrrole nitrogens is 1. The quantitative estimate of drug-likeness (QED) is 0.756. The average Bonchev–Trinajstić information content (AvgIpc) is 3.12. The van der Waals surface area contributed by atoms with E-state index >= 15 is 0 Å². The minimum Gasteiger partial charge on any atom is -0.351 e. The van der Waals surface area contributed by atoms with E-state index in [0.29, 0.717) is 36.8 Å². The molecule has 4 rings (SSSR count). The van der Waals surface area contributed by atoms with E-state index in [-0.39, 0.29) is 5.91 Å². The van der Waals surface area contributed by atoms with E-state index in [4.69, 9.17) is 0 Å². The lowest BCUT2D eigenvalue weighted by Gasteiger charge is -2.33. The van der Waals surface area contributed by atoms with Gasteiger partial charge in [0.05, 0.1) is 4.90 Å². The van der Waals surface area contributed by atoms with Crippen LogP contribution in [0.15, 0.2) is 59.5 Å². The Labute approximate surface area is 158 Å².